The number of hydrogen-bond acceptors (Lipinski definition) is 2. The molecule has 2 aromatic rings. The summed E-state index contributed by atoms with van der Waals surface area (Å²) in [6, 6.07) is 6.76. The quantitative estimate of drug-likeness (QED) is 0.757. The molecule has 0 N–H and O–H groups in total. The number of amides is 1. The minimum absolute atomic E-state index is 0.0269. The molecule has 1 aromatic heterocycles. The monoisotopic (exact) mass is 352 g/mol. The number of benzene rings is 1. The molecular formula is C18H16F4N2O. The summed E-state index contributed by atoms with van der Waals surface area (Å²) in [6.45, 7) is 0.651. The molecule has 0 spiro atoms. The third kappa shape index (κ3) is 3.65. The second-order valence-corrected chi connectivity index (χ2v) is 6.01. The van der Waals surface area contributed by atoms with E-state index < -0.39 is 23.5 Å². The molecule has 132 valence electrons. The van der Waals surface area contributed by atoms with Crippen LogP contribution in [0.2, 0.25) is 0 Å². The van der Waals surface area contributed by atoms with Gasteiger partial charge in [0.25, 0.3) is 5.91 Å². The Morgan fingerprint density at radius 3 is 2.44 bits per heavy atom. The van der Waals surface area contributed by atoms with E-state index in [-0.39, 0.29) is 11.5 Å². The number of nitrogens with zero attached hydrogens (tertiary/aromatic N) is 2. The van der Waals surface area contributed by atoms with Crippen LogP contribution in [-0.2, 0) is 6.18 Å². The van der Waals surface area contributed by atoms with Gasteiger partial charge in [0, 0.05) is 25.5 Å². The zero-order valence-corrected chi connectivity index (χ0v) is 13.3. The summed E-state index contributed by atoms with van der Waals surface area (Å²) in [5.74, 6) is -1.87. The van der Waals surface area contributed by atoms with Crippen molar-refractivity contribution in [2.24, 2.45) is 0 Å². The lowest BCUT2D eigenvalue weighted by Gasteiger charge is -2.33. The SMILES string of the molecule is O=C(c1cccnc1)N1CCC(c2cccc(F)c2C(F)(F)F)CC1. The summed E-state index contributed by atoms with van der Waals surface area (Å²) >= 11 is 0. The van der Waals surface area contributed by atoms with Crippen molar-refractivity contribution in [2.45, 2.75) is 24.9 Å². The number of piperidine rings is 1. The van der Waals surface area contributed by atoms with Crippen molar-refractivity contribution in [2.75, 3.05) is 13.1 Å². The number of pyridine rings is 1. The number of carbonyl (C=O) groups excluding carboxylic acids is 1. The number of carbonyl (C=O) groups is 1. The highest BCUT2D eigenvalue weighted by molar-refractivity contribution is 5.93. The molecule has 3 nitrogen and oxygen atoms in total. The van der Waals surface area contributed by atoms with E-state index in [0.717, 1.165) is 6.07 Å². The summed E-state index contributed by atoms with van der Waals surface area (Å²) in [4.78, 5) is 17.9. The Morgan fingerprint density at radius 1 is 1.12 bits per heavy atom. The Kier molecular flexibility index (Phi) is 4.74. The van der Waals surface area contributed by atoms with Gasteiger partial charge >= 0.3 is 6.18 Å². The van der Waals surface area contributed by atoms with Gasteiger partial charge in [-0.2, -0.15) is 13.2 Å². The fourth-order valence-corrected chi connectivity index (χ4v) is 3.25. The zero-order chi connectivity index (χ0) is 18.0. The Bertz CT molecular complexity index is 753. The molecule has 0 unspecified atom stereocenters. The van der Waals surface area contributed by atoms with Gasteiger partial charge in [-0.15, -0.1) is 0 Å². The van der Waals surface area contributed by atoms with Crippen molar-refractivity contribution in [1.82, 2.24) is 9.88 Å². The van der Waals surface area contributed by atoms with E-state index in [4.69, 9.17) is 0 Å². The number of rotatable bonds is 2. The second kappa shape index (κ2) is 6.82. The van der Waals surface area contributed by atoms with Crippen LogP contribution in [0.3, 0.4) is 0 Å². The van der Waals surface area contributed by atoms with Crippen LogP contribution in [0.25, 0.3) is 0 Å². The van der Waals surface area contributed by atoms with E-state index in [1.807, 2.05) is 0 Å². The van der Waals surface area contributed by atoms with Crippen molar-refractivity contribution < 1.29 is 22.4 Å². The molecule has 1 aliphatic rings. The number of halogens is 4. The largest absolute Gasteiger partial charge is 0.419 e. The minimum Gasteiger partial charge on any atom is -0.339 e. The molecule has 1 aliphatic heterocycles. The summed E-state index contributed by atoms with van der Waals surface area (Å²) < 4.78 is 53.3. The lowest BCUT2D eigenvalue weighted by atomic mass is 9.86. The van der Waals surface area contributed by atoms with Gasteiger partial charge in [-0.25, -0.2) is 4.39 Å². The summed E-state index contributed by atoms with van der Waals surface area (Å²) in [5.41, 5.74) is -0.768. The van der Waals surface area contributed by atoms with Gasteiger partial charge in [0.1, 0.15) is 5.82 Å². The first-order valence-electron chi connectivity index (χ1n) is 7.93. The third-order valence-corrected chi connectivity index (χ3v) is 4.46. The smallest absolute Gasteiger partial charge is 0.339 e. The van der Waals surface area contributed by atoms with E-state index in [1.165, 1.54) is 18.3 Å². The van der Waals surface area contributed by atoms with Crippen LogP contribution in [0.1, 0.15) is 40.2 Å². The maximum atomic E-state index is 13.7. The van der Waals surface area contributed by atoms with Crippen molar-refractivity contribution >= 4 is 5.91 Å². The average Bonchev–Trinajstić information content (AvgIpc) is 2.61. The standard InChI is InChI=1S/C18H16F4N2O/c19-15-5-1-4-14(16(15)18(20,21)22)12-6-9-24(10-7-12)17(25)13-3-2-8-23-11-13/h1-5,8,11-12H,6-7,9-10H2. The molecule has 0 aliphatic carbocycles. The molecule has 2 heterocycles. The lowest BCUT2D eigenvalue weighted by molar-refractivity contribution is -0.140. The number of likely N-dealkylation sites (tertiary alicyclic amines) is 1. The van der Waals surface area contributed by atoms with E-state index in [9.17, 15) is 22.4 Å². The highest BCUT2D eigenvalue weighted by atomic mass is 19.4. The maximum absolute atomic E-state index is 13.7. The molecule has 1 amide bonds. The topological polar surface area (TPSA) is 33.2 Å². The number of hydrogen-bond donors (Lipinski definition) is 0. The van der Waals surface area contributed by atoms with E-state index >= 15 is 0 Å². The van der Waals surface area contributed by atoms with Crippen LogP contribution in [-0.4, -0.2) is 28.9 Å². The minimum atomic E-state index is -4.73. The molecular weight excluding hydrogens is 336 g/mol. The summed E-state index contributed by atoms with van der Waals surface area (Å²) in [6.07, 6.45) is -0.991. The molecule has 0 radical (unpaired) electrons. The van der Waals surface area contributed by atoms with Gasteiger partial charge in [-0.05, 0) is 42.5 Å². The molecule has 1 saturated heterocycles. The number of alkyl halides is 3. The van der Waals surface area contributed by atoms with Crippen LogP contribution < -0.4 is 0 Å². The predicted molar refractivity (Wildman–Crippen MR) is 83.5 cm³/mol. The lowest BCUT2D eigenvalue weighted by Crippen LogP contribution is -2.38. The van der Waals surface area contributed by atoms with Crippen molar-refractivity contribution in [3.8, 4) is 0 Å². The maximum Gasteiger partial charge on any atom is 0.419 e. The fraction of sp³-hybridized carbons (Fsp3) is 0.333. The first-order valence-corrected chi connectivity index (χ1v) is 7.93. The van der Waals surface area contributed by atoms with E-state index in [2.05, 4.69) is 4.98 Å². The molecule has 3 rings (SSSR count). The van der Waals surface area contributed by atoms with Crippen LogP contribution in [0.4, 0.5) is 17.6 Å². The molecule has 25 heavy (non-hydrogen) atoms. The average molecular weight is 352 g/mol. The first-order chi connectivity index (χ1) is 11.9. The first kappa shape index (κ1) is 17.4. The Hall–Kier alpha value is -2.44. The highest BCUT2D eigenvalue weighted by Gasteiger charge is 2.39. The van der Waals surface area contributed by atoms with Crippen LogP contribution in [0.15, 0.2) is 42.7 Å². The summed E-state index contributed by atoms with van der Waals surface area (Å²) in [5, 5.41) is 0. The Morgan fingerprint density at radius 2 is 1.84 bits per heavy atom. The fourth-order valence-electron chi connectivity index (χ4n) is 3.25. The predicted octanol–water partition coefficient (Wildman–Crippen LogP) is 4.26. The number of aromatic nitrogens is 1. The molecule has 0 atom stereocenters. The molecule has 1 aromatic carbocycles. The van der Waals surface area contributed by atoms with E-state index in [0.29, 0.717) is 31.5 Å². The molecule has 7 heteroatoms. The molecule has 0 saturated carbocycles. The second-order valence-electron chi connectivity index (χ2n) is 6.01. The van der Waals surface area contributed by atoms with Gasteiger partial charge < -0.3 is 4.90 Å². The van der Waals surface area contributed by atoms with Crippen LogP contribution >= 0.6 is 0 Å². The van der Waals surface area contributed by atoms with E-state index in [1.54, 1.807) is 23.2 Å². The normalized spacial score (nSPS) is 16.1. The van der Waals surface area contributed by atoms with Gasteiger partial charge in [0.2, 0.25) is 0 Å². The Labute approximate surface area is 142 Å². The third-order valence-electron chi connectivity index (χ3n) is 4.46. The van der Waals surface area contributed by atoms with Gasteiger partial charge in [0.05, 0.1) is 11.1 Å². The van der Waals surface area contributed by atoms with Crippen molar-refractivity contribution in [3.63, 3.8) is 0 Å². The van der Waals surface area contributed by atoms with Crippen LogP contribution in [0, 0.1) is 5.82 Å². The van der Waals surface area contributed by atoms with Crippen molar-refractivity contribution in [1.29, 1.82) is 0 Å². The highest BCUT2D eigenvalue weighted by Crippen LogP contribution is 2.40. The Balaban J connectivity index is 1.75. The van der Waals surface area contributed by atoms with Gasteiger partial charge in [-0.3, -0.25) is 9.78 Å². The summed E-state index contributed by atoms with van der Waals surface area (Å²) in [7, 11) is 0. The van der Waals surface area contributed by atoms with Gasteiger partial charge in [-0.1, -0.05) is 12.1 Å². The molecule has 1 fully saturated rings. The van der Waals surface area contributed by atoms with Crippen molar-refractivity contribution in [3.05, 3.63) is 65.2 Å². The zero-order valence-electron chi connectivity index (χ0n) is 13.3. The molecule has 0 bridgehead atoms. The van der Waals surface area contributed by atoms with Crippen LogP contribution in [0.5, 0.6) is 0 Å². The van der Waals surface area contributed by atoms with Gasteiger partial charge in [0.15, 0.2) is 0 Å².